The van der Waals surface area contributed by atoms with E-state index in [4.69, 9.17) is 23.2 Å². The van der Waals surface area contributed by atoms with Gasteiger partial charge in [-0.1, -0.05) is 29.3 Å². The summed E-state index contributed by atoms with van der Waals surface area (Å²) in [6, 6.07) is 4.88. The van der Waals surface area contributed by atoms with Crippen LogP contribution in [0.3, 0.4) is 0 Å². The minimum absolute atomic E-state index is 0.0357. The standard InChI is InChI=1S/C13H10Cl2N2O3.C8H10N2O4/c1-7(18)17-6-12(19)16-11(13(17)20)5-8-9(14)3-2-4-10(8)15;1-5(11)9-3-8(14)10(6(2)12)4-7(9)13/h2-5H,6H2,1H3,(H,16,19);3-4H2,1-2H3. The van der Waals surface area contributed by atoms with Gasteiger partial charge in [0, 0.05) is 36.4 Å². The molecule has 2 fully saturated rings. The van der Waals surface area contributed by atoms with Gasteiger partial charge in [0.15, 0.2) is 0 Å². The number of benzene rings is 1. The molecule has 13 heteroatoms. The first-order valence-corrected chi connectivity index (χ1v) is 10.5. The quantitative estimate of drug-likeness (QED) is 0.544. The molecule has 0 radical (unpaired) electrons. The Balaban J connectivity index is 0.000000257. The molecule has 7 amide bonds. The maximum absolute atomic E-state index is 12.1. The molecule has 3 rings (SSSR count). The Hall–Kier alpha value is -3.57. The Labute approximate surface area is 204 Å². The normalized spacial score (nSPS) is 17.3. The second-order valence-corrected chi connectivity index (χ2v) is 7.96. The van der Waals surface area contributed by atoms with Crippen LogP contribution >= 0.6 is 23.2 Å². The third-order valence-corrected chi connectivity index (χ3v) is 5.33. The summed E-state index contributed by atoms with van der Waals surface area (Å²) in [7, 11) is 0. The third-order valence-electron chi connectivity index (χ3n) is 4.67. The lowest BCUT2D eigenvalue weighted by Gasteiger charge is -2.29. The van der Waals surface area contributed by atoms with Crippen molar-refractivity contribution in [3.8, 4) is 0 Å². The summed E-state index contributed by atoms with van der Waals surface area (Å²) in [5, 5.41) is 3.09. The zero-order valence-corrected chi connectivity index (χ0v) is 19.9. The minimum atomic E-state index is -0.590. The van der Waals surface area contributed by atoms with Gasteiger partial charge in [-0.05, 0) is 18.2 Å². The highest BCUT2D eigenvalue weighted by Gasteiger charge is 2.34. The van der Waals surface area contributed by atoms with Gasteiger partial charge in [-0.2, -0.15) is 0 Å². The Morgan fingerprint density at radius 1 is 0.794 bits per heavy atom. The van der Waals surface area contributed by atoms with Gasteiger partial charge in [0.2, 0.25) is 35.4 Å². The second kappa shape index (κ2) is 11.0. The van der Waals surface area contributed by atoms with Crippen molar-refractivity contribution in [1.82, 2.24) is 20.0 Å². The maximum Gasteiger partial charge on any atom is 0.277 e. The molecule has 0 saturated carbocycles. The van der Waals surface area contributed by atoms with Crippen LogP contribution in [-0.4, -0.2) is 75.7 Å². The van der Waals surface area contributed by atoms with E-state index < -0.39 is 41.4 Å². The van der Waals surface area contributed by atoms with Crippen molar-refractivity contribution in [2.75, 3.05) is 19.6 Å². The molecule has 2 saturated heterocycles. The van der Waals surface area contributed by atoms with E-state index in [0.29, 0.717) is 15.6 Å². The molecule has 0 unspecified atom stereocenters. The lowest BCUT2D eigenvalue weighted by molar-refractivity contribution is -0.161. The van der Waals surface area contributed by atoms with Crippen molar-refractivity contribution in [1.29, 1.82) is 0 Å². The average molecular weight is 511 g/mol. The van der Waals surface area contributed by atoms with Crippen LogP contribution in [0.4, 0.5) is 0 Å². The molecule has 0 aromatic heterocycles. The van der Waals surface area contributed by atoms with Crippen molar-refractivity contribution >= 4 is 70.6 Å². The summed E-state index contributed by atoms with van der Waals surface area (Å²) in [4.78, 5) is 81.7. The van der Waals surface area contributed by atoms with Gasteiger partial charge >= 0.3 is 0 Å². The van der Waals surface area contributed by atoms with E-state index in [0.717, 1.165) is 14.7 Å². The van der Waals surface area contributed by atoms with E-state index in [9.17, 15) is 33.6 Å². The van der Waals surface area contributed by atoms with E-state index in [1.807, 2.05) is 0 Å². The van der Waals surface area contributed by atoms with Gasteiger partial charge in [0.05, 0.1) is 0 Å². The number of hydrogen-bond acceptors (Lipinski definition) is 7. The zero-order valence-electron chi connectivity index (χ0n) is 18.4. The van der Waals surface area contributed by atoms with Gasteiger partial charge in [-0.25, -0.2) is 0 Å². The smallest absolute Gasteiger partial charge is 0.277 e. The highest BCUT2D eigenvalue weighted by molar-refractivity contribution is 6.37. The molecule has 0 bridgehead atoms. The first-order valence-electron chi connectivity index (χ1n) is 9.73. The highest BCUT2D eigenvalue weighted by Crippen LogP contribution is 2.27. The van der Waals surface area contributed by atoms with Gasteiger partial charge < -0.3 is 5.32 Å². The Morgan fingerprint density at radius 2 is 1.24 bits per heavy atom. The molecule has 0 atom stereocenters. The van der Waals surface area contributed by atoms with E-state index in [1.165, 1.54) is 26.8 Å². The number of carbonyl (C=O) groups is 7. The van der Waals surface area contributed by atoms with Crippen molar-refractivity contribution in [2.45, 2.75) is 20.8 Å². The number of nitrogens with one attached hydrogen (secondary N) is 1. The molecule has 1 N–H and O–H groups in total. The fourth-order valence-corrected chi connectivity index (χ4v) is 3.45. The van der Waals surface area contributed by atoms with Crippen molar-refractivity contribution in [2.24, 2.45) is 0 Å². The fourth-order valence-electron chi connectivity index (χ4n) is 2.94. The summed E-state index contributed by atoms with van der Waals surface area (Å²) >= 11 is 12.0. The lowest BCUT2D eigenvalue weighted by Crippen LogP contribution is -2.56. The van der Waals surface area contributed by atoms with Crippen LogP contribution in [-0.2, 0) is 33.6 Å². The van der Waals surface area contributed by atoms with Crippen LogP contribution in [0.2, 0.25) is 10.0 Å². The van der Waals surface area contributed by atoms with Crippen LogP contribution in [0.15, 0.2) is 23.9 Å². The predicted molar refractivity (Wildman–Crippen MR) is 120 cm³/mol. The maximum atomic E-state index is 12.1. The van der Waals surface area contributed by atoms with E-state index in [1.54, 1.807) is 18.2 Å². The van der Waals surface area contributed by atoms with Crippen molar-refractivity contribution < 1.29 is 33.6 Å². The lowest BCUT2D eigenvalue weighted by atomic mass is 10.1. The number of nitrogens with zero attached hydrogens (tertiary/aromatic N) is 3. The molecule has 2 aliphatic rings. The summed E-state index contributed by atoms with van der Waals surface area (Å²) < 4.78 is 0. The van der Waals surface area contributed by atoms with E-state index in [2.05, 4.69) is 5.32 Å². The molecule has 180 valence electrons. The van der Waals surface area contributed by atoms with Crippen LogP contribution in [0.5, 0.6) is 0 Å². The molecule has 2 heterocycles. The number of rotatable bonds is 1. The number of amides is 7. The van der Waals surface area contributed by atoms with Crippen molar-refractivity contribution in [3.05, 3.63) is 39.5 Å². The molecule has 0 spiro atoms. The molecule has 1 aromatic carbocycles. The molecule has 34 heavy (non-hydrogen) atoms. The summed E-state index contributed by atoms with van der Waals surface area (Å²) in [6.45, 7) is 2.66. The van der Waals surface area contributed by atoms with Crippen LogP contribution in [0, 0.1) is 0 Å². The van der Waals surface area contributed by atoms with Crippen LogP contribution < -0.4 is 5.32 Å². The first-order chi connectivity index (χ1) is 15.8. The molecular formula is C21H20Cl2N4O7. The van der Waals surface area contributed by atoms with Gasteiger partial charge in [-0.3, -0.25) is 48.3 Å². The van der Waals surface area contributed by atoms with Gasteiger partial charge in [-0.15, -0.1) is 0 Å². The highest BCUT2D eigenvalue weighted by atomic mass is 35.5. The predicted octanol–water partition coefficient (Wildman–Crippen LogP) is 0.589. The molecule has 1 aromatic rings. The third kappa shape index (κ3) is 6.27. The number of hydrogen-bond donors (Lipinski definition) is 1. The molecule has 2 aliphatic heterocycles. The SMILES string of the molecule is CC(=O)N1CC(=O)N(C(C)=O)CC1=O.CC(=O)N1CC(=O)NC(=Cc2c(Cl)cccc2Cl)C1=O. The molecule has 11 nitrogen and oxygen atoms in total. The Bertz CT molecular complexity index is 1080. The fraction of sp³-hybridized carbons (Fsp3) is 0.286. The second-order valence-electron chi connectivity index (χ2n) is 7.15. The van der Waals surface area contributed by atoms with Crippen LogP contribution in [0.25, 0.3) is 6.08 Å². The average Bonchev–Trinajstić information content (AvgIpc) is 2.74. The van der Waals surface area contributed by atoms with E-state index >= 15 is 0 Å². The first kappa shape index (κ1) is 26.7. The minimum Gasteiger partial charge on any atom is -0.320 e. The molecular weight excluding hydrogens is 491 g/mol. The Kier molecular flexibility index (Phi) is 8.66. The number of imide groups is 3. The summed E-state index contributed by atoms with van der Waals surface area (Å²) in [6.07, 6.45) is 1.36. The summed E-state index contributed by atoms with van der Waals surface area (Å²) in [5.74, 6) is -3.54. The van der Waals surface area contributed by atoms with Gasteiger partial charge in [0.25, 0.3) is 5.91 Å². The van der Waals surface area contributed by atoms with Crippen LogP contribution in [0.1, 0.15) is 26.3 Å². The largest absolute Gasteiger partial charge is 0.320 e. The van der Waals surface area contributed by atoms with Crippen molar-refractivity contribution in [3.63, 3.8) is 0 Å². The Morgan fingerprint density at radius 3 is 1.65 bits per heavy atom. The number of carbonyl (C=O) groups excluding carboxylic acids is 7. The number of halogens is 2. The number of piperazine rings is 2. The van der Waals surface area contributed by atoms with E-state index in [-0.39, 0.29) is 25.3 Å². The summed E-state index contributed by atoms with van der Waals surface area (Å²) in [5.41, 5.74) is 0.372. The van der Waals surface area contributed by atoms with Gasteiger partial charge in [0.1, 0.15) is 25.3 Å². The topological polar surface area (TPSA) is 141 Å². The monoisotopic (exact) mass is 510 g/mol. The molecule has 0 aliphatic carbocycles. The zero-order chi connectivity index (χ0) is 25.7.